The zero-order valence-corrected chi connectivity index (χ0v) is 13.6. The molecule has 0 aromatic heterocycles. The van der Waals surface area contributed by atoms with E-state index in [2.05, 4.69) is 19.1 Å². The van der Waals surface area contributed by atoms with Gasteiger partial charge in [-0.15, -0.1) is 12.4 Å². The molecule has 0 saturated heterocycles. The second-order valence-corrected chi connectivity index (χ2v) is 5.06. The van der Waals surface area contributed by atoms with Gasteiger partial charge in [0.2, 0.25) is 5.91 Å². The molecule has 114 valence electrons. The largest absolute Gasteiger partial charge is 0.320 e. The van der Waals surface area contributed by atoms with Crippen LogP contribution in [0.3, 0.4) is 0 Å². The van der Waals surface area contributed by atoms with Crippen molar-refractivity contribution in [2.75, 3.05) is 11.9 Å². The Morgan fingerprint density at radius 2 is 1.80 bits per heavy atom. The number of carbonyl (C=O) groups excluding carboxylic acids is 1. The van der Waals surface area contributed by atoms with Crippen LogP contribution in [-0.2, 0) is 11.2 Å². The number of benzene rings is 1. The highest BCUT2D eigenvalue weighted by Gasteiger charge is 2.18. The van der Waals surface area contributed by atoms with E-state index in [9.17, 15) is 4.79 Å². The first kappa shape index (κ1) is 18.9. The minimum Gasteiger partial charge on any atom is -0.320 e. The summed E-state index contributed by atoms with van der Waals surface area (Å²) in [6.45, 7) is 4.23. The number of aryl methyl sites for hydroxylation is 1. The summed E-state index contributed by atoms with van der Waals surface area (Å²) in [5.74, 6) is -0.0110. The number of likely N-dealkylation sites (N-methyl/N-ethyl adjacent to an activating group) is 1. The van der Waals surface area contributed by atoms with Crippen LogP contribution in [0.15, 0.2) is 24.3 Å². The molecule has 0 bridgehead atoms. The van der Waals surface area contributed by atoms with Gasteiger partial charge in [-0.3, -0.25) is 4.79 Å². The van der Waals surface area contributed by atoms with Crippen LogP contribution in [0.2, 0.25) is 0 Å². The zero-order chi connectivity index (χ0) is 14.3. The summed E-state index contributed by atoms with van der Waals surface area (Å²) in [4.78, 5) is 13.7. The summed E-state index contributed by atoms with van der Waals surface area (Å²) in [6.07, 6.45) is 5.17. The molecule has 0 aliphatic heterocycles. The van der Waals surface area contributed by atoms with Crippen molar-refractivity contribution in [2.24, 2.45) is 5.73 Å². The summed E-state index contributed by atoms with van der Waals surface area (Å²) in [7, 11) is 1.79. The summed E-state index contributed by atoms with van der Waals surface area (Å²) in [6, 6.07) is 7.80. The Morgan fingerprint density at radius 1 is 1.20 bits per heavy atom. The first-order valence-electron chi connectivity index (χ1n) is 7.22. The van der Waals surface area contributed by atoms with E-state index in [1.54, 1.807) is 11.9 Å². The average molecular weight is 299 g/mol. The van der Waals surface area contributed by atoms with Crippen LogP contribution < -0.4 is 10.6 Å². The van der Waals surface area contributed by atoms with Gasteiger partial charge in [-0.1, -0.05) is 38.8 Å². The Balaban J connectivity index is 0.00000361. The summed E-state index contributed by atoms with van der Waals surface area (Å²) < 4.78 is 0. The maximum Gasteiger partial charge on any atom is 0.243 e. The van der Waals surface area contributed by atoms with E-state index in [4.69, 9.17) is 5.73 Å². The molecule has 0 radical (unpaired) electrons. The molecule has 1 aromatic rings. The molecular formula is C16H27ClN2O. The van der Waals surface area contributed by atoms with Gasteiger partial charge < -0.3 is 10.6 Å². The molecule has 1 aromatic carbocycles. The minimum atomic E-state index is -0.394. The highest BCUT2D eigenvalue weighted by atomic mass is 35.5. The normalized spacial score (nSPS) is 11.6. The van der Waals surface area contributed by atoms with Gasteiger partial charge in [-0.25, -0.2) is 0 Å². The molecule has 0 heterocycles. The molecule has 1 atom stereocenters. The standard InChI is InChI=1S/C16H26N2O.ClH/c1-4-6-8-13-9-11-14(12-10-13)18(3)16(19)15(17)7-5-2;/h9-12,15H,4-8,17H2,1-3H3;1H. The van der Waals surface area contributed by atoms with Crippen LogP contribution in [0.5, 0.6) is 0 Å². The number of halogens is 1. The van der Waals surface area contributed by atoms with Crippen LogP contribution in [0, 0.1) is 0 Å². The Bertz CT molecular complexity index is 392. The van der Waals surface area contributed by atoms with Crippen LogP contribution >= 0.6 is 12.4 Å². The summed E-state index contributed by atoms with van der Waals surface area (Å²) in [5, 5.41) is 0. The van der Waals surface area contributed by atoms with Crippen molar-refractivity contribution in [2.45, 2.75) is 52.0 Å². The van der Waals surface area contributed by atoms with Gasteiger partial charge in [0, 0.05) is 12.7 Å². The fourth-order valence-electron chi connectivity index (χ4n) is 2.08. The predicted molar refractivity (Wildman–Crippen MR) is 88.6 cm³/mol. The molecule has 0 aliphatic rings. The first-order chi connectivity index (χ1) is 9.10. The zero-order valence-electron chi connectivity index (χ0n) is 12.8. The van der Waals surface area contributed by atoms with Crippen LogP contribution in [0.1, 0.15) is 45.1 Å². The topological polar surface area (TPSA) is 46.3 Å². The number of carbonyl (C=O) groups is 1. The van der Waals surface area contributed by atoms with E-state index >= 15 is 0 Å². The highest BCUT2D eigenvalue weighted by molar-refractivity contribution is 5.96. The molecule has 4 heteroatoms. The van der Waals surface area contributed by atoms with Crippen LogP contribution in [-0.4, -0.2) is 19.0 Å². The monoisotopic (exact) mass is 298 g/mol. The van der Waals surface area contributed by atoms with Crippen molar-refractivity contribution >= 4 is 24.0 Å². The number of amides is 1. The quantitative estimate of drug-likeness (QED) is 0.837. The van der Waals surface area contributed by atoms with Crippen molar-refractivity contribution in [3.63, 3.8) is 0 Å². The first-order valence-corrected chi connectivity index (χ1v) is 7.22. The second-order valence-electron chi connectivity index (χ2n) is 5.06. The molecule has 0 aliphatic carbocycles. The van der Waals surface area contributed by atoms with Crippen molar-refractivity contribution in [1.82, 2.24) is 0 Å². The Hall–Kier alpha value is -1.06. The number of rotatable bonds is 7. The van der Waals surface area contributed by atoms with Crippen LogP contribution in [0.4, 0.5) is 5.69 Å². The molecule has 2 N–H and O–H groups in total. The fourth-order valence-corrected chi connectivity index (χ4v) is 2.08. The number of nitrogens with two attached hydrogens (primary N) is 1. The second kappa shape index (κ2) is 9.78. The van der Waals surface area contributed by atoms with E-state index in [1.807, 2.05) is 19.1 Å². The summed E-state index contributed by atoms with van der Waals surface area (Å²) >= 11 is 0. The Morgan fingerprint density at radius 3 is 2.30 bits per heavy atom. The molecule has 20 heavy (non-hydrogen) atoms. The lowest BCUT2D eigenvalue weighted by Crippen LogP contribution is -2.41. The van der Waals surface area contributed by atoms with Gasteiger partial charge in [0.15, 0.2) is 0 Å². The van der Waals surface area contributed by atoms with E-state index < -0.39 is 6.04 Å². The number of anilines is 1. The van der Waals surface area contributed by atoms with E-state index in [0.29, 0.717) is 0 Å². The average Bonchev–Trinajstić information content (AvgIpc) is 2.44. The van der Waals surface area contributed by atoms with Gasteiger partial charge >= 0.3 is 0 Å². The molecule has 1 amide bonds. The van der Waals surface area contributed by atoms with Crippen molar-refractivity contribution < 1.29 is 4.79 Å². The third kappa shape index (κ3) is 5.51. The van der Waals surface area contributed by atoms with Crippen molar-refractivity contribution in [3.05, 3.63) is 29.8 Å². The van der Waals surface area contributed by atoms with Gasteiger partial charge in [0.05, 0.1) is 6.04 Å². The smallest absolute Gasteiger partial charge is 0.243 e. The molecular weight excluding hydrogens is 272 g/mol. The number of hydrogen-bond donors (Lipinski definition) is 1. The fraction of sp³-hybridized carbons (Fsp3) is 0.562. The lowest BCUT2D eigenvalue weighted by molar-refractivity contribution is -0.119. The molecule has 0 spiro atoms. The molecule has 0 fully saturated rings. The van der Waals surface area contributed by atoms with Gasteiger partial charge in [0.1, 0.15) is 0 Å². The number of nitrogens with zero attached hydrogens (tertiary/aromatic N) is 1. The molecule has 1 unspecified atom stereocenters. The SMILES string of the molecule is CCCCc1ccc(N(C)C(=O)C(N)CCC)cc1.Cl. The van der Waals surface area contributed by atoms with Crippen LogP contribution in [0.25, 0.3) is 0 Å². The molecule has 0 saturated carbocycles. The van der Waals surface area contributed by atoms with Crippen molar-refractivity contribution in [3.8, 4) is 0 Å². The van der Waals surface area contributed by atoms with Gasteiger partial charge in [0.25, 0.3) is 0 Å². The van der Waals surface area contributed by atoms with Gasteiger partial charge in [-0.2, -0.15) is 0 Å². The maximum atomic E-state index is 12.1. The third-order valence-corrected chi connectivity index (χ3v) is 3.39. The minimum absolute atomic E-state index is 0. The number of hydrogen-bond acceptors (Lipinski definition) is 2. The number of unbranched alkanes of at least 4 members (excludes halogenated alkanes) is 1. The Labute approximate surface area is 128 Å². The van der Waals surface area contributed by atoms with E-state index in [1.165, 1.54) is 18.4 Å². The lowest BCUT2D eigenvalue weighted by Gasteiger charge is -2.21. The summed E-state index contributed by atoms with van der Waals surface area (Å²) in [5.41, 5.74) is 8.11. The third-order valence-electron chi connectivity index (χ3n) is 3.39. The lowest BCUT2D eigenvalue weighted by atomic mass is 10.1. The molecule has 1 rings (SSSR count). The molecule has 3 nitrogen and oxygen atoms in total. The Kier molecular flexibility index (Phi) is 9.26. The van der Waals surface area contributed by atoms with Crippen molar-refractivity contribution in [1.29, 1.82) is 0 Å². The highest BCUT2D eigenvalue weighted by Crippen LogP contribution is 2.16. The van der Waals surface area contributed by atoms with Gasteiger partial charge in [-0.05, 0) is 37.0 Å². The maximum absolute atomic E-state index is 12.1. The van der Waals surface area contributed by atoms with E-state index in [0.717, 1.165) is 24.9 Å². The van der Waals surface area contributed by atoms with E-state index in [-0.39, 0.29) is 18.3 Å². The predicted octanol–water partition coefficient (Wildman–Crippen LogP) is 3.54.